The lowest BCUT2D eigenvalue weighted by atomic mass is 10.0. The van der Waals surface area contributed by atoms with Crippen LogP contribution < -0.4 is 0 Å². The van der Waals surface area contributed by atoms with Gasteiger partial charge in [-0.3, -0.25) is 0 Å². The third kappa shape index (κ3) is 3.23. The van der Waals surface area contributed by atoms with Gasteiger partial charge in [-0.15, -0.1) is 0 Å². The number of hydrogen-bond donors (Lipinski definition) is 1. The van der Waals surface area contributed by atoms with Crippen molar-refractivity contribution in [3.63, 3.8) is 0 Å². The van der Waals surface area contributed by atoms with Gasteiger partial charge in [0.1, 0.15) is 5.71 Å². The lowest BCUT2D eigenvalue weighted by Crippen LogP contribution is -2.35. The van der Waals surface area contributed by atoms with E-state index in [1.54, 1.807) is 6.20 Å². The molecular formula is C12H21N2O2+. The molecular weight excluding hydrogens is 204 g/mol. The highest BCUT2D eigenvalue weighted by molar-refractivity contribution is 5.88. The maximum atomic E-state index is 11.8. The second kappa shape index (κ2) is 5.34. The van der Waals surface area contributed by atoms with Crippen LogP contribution in [0.5, 0.6) is 0 Å². The first-order valence-corrected chi connectivity index (χ1v) is 5.81. The fraction of sp³-hybridized carbons (Fsp3) is 0.750. The predicted molar refractivity (Wildman–Crippen MR) is 64.1 cm³/mol. The number of aliphatic hydroxyl groups excluding tert-OH is 1. The monoisotopic (exact) mass is 225 g/mol. The zero-order valence-corrected chi connectivity index (χ0v) is 10.5. The summed E-state index contributed by atoms with van der Waals surface area (Å²) >= 11 is 0. The highest BCUT2D eigenvalue weighted by atomic mass is 16.4. The molecule has 0 aliphatic carbocycles. The van der Waals surface area contributed by atoms with E-state index in [-0.39, 0.29) is 0 Å². The van der Waals surface area contributed by atoms with Gasteiger partial charge < -0.3 is 5.11 Å². The number of aliphatic imine (C=N–C) groups is 1. The van der Waals surface area contributed by atoms with Crippen LogP contribution in [0.1, 0.15) is 40.5 Å². The number of nitroso groups, excluding NO2 is 1. The van der Waals surface area contributed by atoms with E-state index in [4.69, 9.17) is 0 Å². The largest absolute Gasteiger partial charge is 0.348 e. The fourth-order valence-corrected chi connectivity index (χ4v) is 1.71. The first kappa shape index (κ1) is 13.0. The molecule has 0 saturated carbocycles. The van der Waals surface area contributed by atoms with Gasteiger partial charge in [-0.05, 0) is 18.3 Å². The maximum Gasteiger partial charge on any atom is 0.348 e. The molecule has 1 rings (SSSR count). The van der Waals surface area contributed by atoms with Crippen molar-refractivity contribution in [1.29, 1.82) is 0 Å². The van der Waals surface area contributed by atoms with Crippen LogP contribution in [0.15, 0.2) is 16.9 Å². The molecule has 1 aliphatic heterocycles. The lowest BCUT2D eigenvalue weighted by molar-refractivity contribution is -0.568. The van der Waals surface area contributed by atoms with Gasteiger partial charge in [0.05, 0.1) is 11.0 Å². The summed E-state index contributed by atoms with van der Waals surface area (Å²) in [5.74, 6) is 0.776. The van der Waals surface area contributed by atoms with E-state index in [1.807, 2.05) is 27.7 Å². The summed E-state index contributed by atoms with van der Waals surface area (Å²) in [4.78, 5) is 16.0. The molecule has 0 spiro atoms. The Labute approximate surface area is 96.7 Å². The molecule has 0 fully saturated rings. The van der Waals surface area contributed by atoms with Gasteiger partial charge in [0.25, 0.3) is 5.70 Å². The van der Waals surface area contributed by atoms with Gasteiger partial charge in [0, 0.05) is 11.3 Å². The SMILES string of the molecule is CC(C)CC1=CN=C(CC(C)C)C(O)[N+]1=O. The van der Waals surface area contributed by atoms with Crippen molar-refractivity contribution in [3.8, 4) is 0 Å². The normalized spacial score (nSPS) is 21.4. The van der Waals surface area contributed by atoms with Crippen LogP contribution >= 0.6 is 0 Å². The zero-order valence-electron chi connectivity index (χ0n) is 10.5. The molecule has 0 radical (unpaired) electrons. The van der Waals surface area contributed by atoms with Crippen molar-refractivity contribution in [3.05, 3.63) is 16.8 Å². The number of hydrogen-bond acceptors (Lipinski definition) is 3. The van der Waals surface area contributed by atoms with E-state index >= 15 is 0 Å². The zero-order chi connectivity index (χ0) is 12.3. The highest BCUT2D eigenvalue weighted by Gasteiger charge is 2.35. The van der Waals surface area contributed by atoms with E-state index in [0.29, 0.717) is 40.8 Å². The summed E-state index contributed by atoms with van der Waals surface area (Å²) in [5.41, 5.74) is 1.13. The molecule has 0 aromatic rings. The van der Waals surface area contributed by atoms with E-state index in [0.717, 1.165) is 0 Å². The molecule has 0 bridgehead atoms. The molecule has 1 N–H and O–H groups in total. The Morgan fingerprint density at radius 3 is 2.38 bits per heavy atom. The second-order valence-corrected chi connectivity index (χ2v) is 5.14. The summed E-state index contributed by atoms with van der Waals surface area (Å²) in [5, 5.41) is 9.81. The molecule has 1 heterocycles. The van der Waals surface area contributed by atoms with E-state index in [9.17, 15) is 10.0 Å². The topological polar surface area (TPSA) is 52.7 Å². The van der Waals surface area contributed by atoms with Crippen molar-refractivity contribution >= 4 is 5.71 Å². The van der Waals surface area contributed by atoms with Crippen molar-refractivity contribution in [1.82, 2.24) is 0 Å². The predicted octanol–water partition coefficient (Wildman–Crippen LogP) is 2.47. The summed E-state index contributed by atoms with van der Waals surface area (Å²) in [6.07, 6.45) is 1.81. The van der Waals surface area contributed by atoms with Gasteiger partial charge in [0.2, 0.25) is 0 Å². The minimum absolute atomic E-state index is 0.386. The van der Waals surface area contributed by atoms with E-state index in [2.05, 4.69) is 4.99 Å². The van der Waals surface area contributed by atoms with Crippen molar-refractivity contribution in [2.75, 3.05) is 0 Å². The van der Waals surface area contributed by atoms with Crippen LogP contribution in [0.4, 0.5) is 0 Å². The van der Waals surface area contributed by atoms with Crippen LogP contribution in [0, 0.1) is 16.7 Å². The second-order valence-electron chi connectivity index (χ2n) is 5.14. The average molecular weight is 225 g/mol. The van der Waals surface area contributed by atoms with Crippen LogP contribution in [0.25, 0.3) is 0 Å². The highest BCUT2D eigenvalue weighted by Crippen LogP contribution is 2.19. The molecule has 16 heavy (non-hydrogen) atoms. The smallest absolute Gasteiger partial charge is 0.329 e. The fourth-order valence-electron chi connectivity index (χ4n) is 1.71. The molecule has 4 nitrogen and oxygen atoms in total. The summed E-state index contributed by atoms with van der Waals surface area (Å²) in [6.45, 7) is 8.15. The van der Waals surface area contributed by atoms with Crippen LogP contribution in [-0.2, 0) is 0 Å². The Balaban J connectivity index is 2.81. The number of allylic oxidation sites excluding steroid dienone is 1. The molecule has 0 saturated heterocycles. The van der Waals surface area contributed by atoms with Crippen molar-refractivity contribution in [2.45, 2.75) is 46.8 Å². The van der Waals surface area contributed by atoms with Crippen LogP contribution in [-0.4, -0.2) is 21.8 Å². The van der Waals surface area contributed by atoms with E-state index < -0.39 is 6.23 Å². The summed E-state index contributed by atoms with van der Waals surface area (Å²) in [7, 11) is 0. The minimum atomic E-state index is -1.10. The maximum absolute atomic E-state index is 11.8. The van der Waals surface area contributed by atoms with Gasteiger partial charge in [0.15, 0.2) is 0 Å². The standard InChI is InChI=1S/C12H21N2O2/c1-8(2)5-10-7-13-11(6-9(3)4)12(15)14(10)16/h7-9,12,15H,5-6H2,1-4H3/q+1. The Bertz CT molecular complexity index is 330. The van der Waals surface area contributed by atoms with Crippen molar-refractivity contribution < 1.29 is 9.87 Å². The Morgan fingerprint density at radius 1 is 1.31 bits per heavy atom. The lowest BCUT2D eigenvalue weighted by Gasteiger charge is -2.14. The van der Waals surface area contributed by atoms with Crippen LogP contribution in [0.3, 0.4) is 0 Å². The molecule has 1 unspecified atom stereocenters. The van der Waals surface area contributed by atoms with Crippen LogP contribution in [0.2, 0.25) is 0 Å². The first-order chi connectivity index (χ1) is 7.41. The van der Waals surface area contributed by atoms with Gasteiger partial charge in [-0.25, -0.2) is 4.99 Å². The van der Waals surface area contributed by atoms with Crippen molar-refractivity contribution in [2.24, 2.45) is 16.8 Å². The number of aliphatic hydroxyl groups is 1. The third-order valence-corrected chi connectivity index (χ3v) is 2.42. The molecule has 4 heteroatoms. The minimum Gasteiger partial charge on any atom is -0.329 e. The van der Waals surface area contributed by atoms with E-state index in [1.165, 1.54) is 0 Å². The Kier molecular flexibility index (Phi) is 4.35. The number of nitrogens with zero attached hydrogens (tertiary/aromatic N) is 2. The summed E-state index contributed by atoms with van der Waals surface area (Å²) in [6, 6.07) is 0. The average Bonchev–Trinajstić information content (AvgIpc) is 2.16. The molecule has 1 aliphatic rings. The first-order valence-electron chi connectivity index (χ1n) is 5.81. The van der Waals surface area contributed by atoms with Gasteiger partial charge in [-0.1, -0.05) is 27.7 Å². The van der Waals surface area contributed by atoms with Gasteiger partial charge in [-0.2, -0.15) is 0 Å². The summed E-state index contributed by atoms with van der Waals surface area (Å²) < 4.78 is 0.685. The Hall–Kier alpha value is -1.03. The quantitative estimate of drug-likeness (QED) is 0.747. The number of rotatable bonds is 4. The van der Waals surface area contributed by atoms with Gasteiger partial charge >= 0.3 is 6.23 Å². The molecule has 0 aromatic carbocycles. The third-order valence-electron chi connectivity index (χ3n) is 2.42. The molecule has 0 aromatic heterocycles. The Morgan fingerprint density at radius 2 is 1.88 bits per heavy atom. The molecule has 0 amide bonds. The molecule has 90 valence electrons. The molecule has 1 atom stereocenters.